The Morgan fingerprint density at radius 1 is 1.24 bits per heavy atom. The van der Waals surface area contributed by atoms with Crippen molar-refractivity contribution in [2.75, 3.05) is 0 Å². The average Bonchev–Trinajstić information content (AvgIpc) is 2.87. The highest BCUT2D eigenvalue weighted by Crippen LogP contribution is 2.10. The summed E-state index contributed by atoms with van der Waals surface area (Å²) in [5.74, 6) is 0. The fourth-order valence-corrected chi connectivity index (χ4v) is 2.58. The summed E-state index contributed by atoms with van der Waals surface area (Å²) in [5.41, 5.74) is 2.11. The van der Waals surface area contributed by atoms with Crippen LogP contribution in [0.25, 0.3) is 0 Å². The van der Waals surface area contributed by atoms with E-state index in [2.05, 4.69) is 28.7 Å². The molecule has 0 aliphatic carbocycles. The van der Waals surface area contributed by atoms with E-state index in [1.54, 1.807) is 12.1 Å². The number of benzene rings is 1. The molecule has 0 spiro atoms. The molecular weight excluding hydrogens is 288 g/mol. The second-order valence-corrected chi connectivity index (χ2v) is 6.74. The first-order chi connectivity index (χ1) is 9.88. The standard InChI is InChI=1S/C14H20N4O2S/c1-11(2)18-10-17-9-13(18)8-16-7-12-3-5-14(6-4-12)21(15,19)20/h3-6,9-11,16H,7-8H2,1-2H3,(H2,15,19,20). The maximum absolute atomic E-state index is 11.2. The van der Waals surface area contributed by atoms with Gasteiger partial charge in [-0.05, 0) is 31.5 Å². The van der Waals surface area contributed by atoms with E-state index in [1.165, 1.54) is 12.1 Å². The van der Waals surface area contributed by atoms with Crippen LogP contribution in [0.3, 0.4) is 0 Å². The SMILES string of the molecule is CC(C)n1cncc1CNCc1ccc(S(N)(=O)=O)cc1. The third kappa shape index (κ3) is 4.13. The highest BCUT2D eigenvalue weighted by molar-refractivity contribution is 7.89. The van der Waals surface area contributed by atoms with E-state index in [9.17, 15) is 8.42 Å². The lowest BCUT2D eigenvalue weighted by Gasteiger charge is -2.12. The number of nitrogens with two attached hydrogens (primary N) is 1. The molecule has 114 valence electrons. The quantitative estimate of drug-likeness (QED) is 0.844. The minimum Gasteiger partial charge on any atom is -0.331 e. The lowest BCUT2D eigenvalue weighted by molar-refractivity contribution is 0.550. The number of sulfonamides is 1. The molecule has 2 rings (SSSR count). The summed E-state index contributed by atoms with van der Waals surface area (Å²) in [7, 11) is -3.62. The third-order valence-corrected chi connectivity index (χ3v) is 4.12. The van der Waals surface area contributed by atoms with Crippen LogP contribution in [0.5, 0.6) is 0 Å². The van der Waals surface area contributed by atoms with Crippen LogP contribution in [0.1, 0.15) is 31.1 Å². The topological polar surface area (TPSA) is 90.0 Å². The first-order valence-electron chi connectivity index (χ1n) is 6.71. The highest BCUT2D eigenvalue weighted by atomic mass is 32.2. The van der Waals surface area contributed by atoms with Crippen molar-refractivity contribution in [3.05, 3.63) is 48.0 Å². The van der Waals surface area contributed by atoms with Gasteiger partial charge in [-0.3, -0.25) is 0 Å². The van der Waals surface area contributed by atoms with Gasteiger partial charge in [-0.1, -0.05) is 12.1 Å². The highest BCUT2D eigenvalue weighted by Gasteiger charge is 2.07. The summed E-state index contributed by atoms with van der Waals surface area (Å²) in [6.45, 7) is 5.57. The van der Waals surface area contributed by atoms with Crippen molar-refractivity contribution < 1.29 is 8.42 Å². The number of hydrogen-bond donors (Lipinski definition) is 2. The second kappa shape index (κ2) is 6.38. The van der Waals surface area contributed by atoms with Crippen LogP contribution in [-0.4, -0.2) is 18.0 Å². The summed E-state index contributed by atoms with van der Waals surface area (Å²) in [5, 5.41) is 8.38. The van der Waals surface area contributed by atoms with Crippen molar-refractivity contribution in [3.8, 4) is 0 Å². The molecule has 1 heterocycles. The average molecular weight is 308 g/mol. The first kappa shape index (κ1) is 15.7. The number of imidazole rings is 1. The molecule has 0 fully saturated rings. The molecule has 2 aromatic rings. The van der Waals surface area contributed by atoms with E-state index in [4.69, 9.17) is 5.14 Å². The van der Waals surface area contributed by atoms with Crippen LogP contribution in [0.15, 0.2) is 41.7 Å². The van der Waals surface area contributed by atoms with Gasteiger partial charge in [-0.25, -0.2) is 18.5 Å². The molecular formula is C14H20N4O2S. The minimum atomic E-state index is -3.62. The molecule has 0 saturated heterocycles. The molecule has 0 saturated carbocycles. The molecule has 0 aliphatic rings. The van der Waals surface area contributed by atoms with Gasteiger partial charge in [0.25, 0.3) is 0 Å². The number of nitrogens with one attached hydrogen (secondary N) is 1. The van der Waals surface area contributed by atoms with Crippen molar-refractivity contribution in [3.63, 3.8) is 0 Å². The number of aromatic nitrogens is 2. The van der Waals surface area contributed by atoms with E-state index in [0.29, 0.717) is 19.1 Å². The maximum Gasteiger partial charge on any atom is 0.238 e. The molecule has 7 heteroatoms. The Kier molecular flexibility index (Phi) is 4.76. The van der Waals surface area contributed by atoms with E-state index < -0.39 is 10.0 Å². The van der Waals surface area contributed by atoms with Gasteiger partial charge in [0.05, 0.1) is 16.9 Å². The molecule has 0 unspecified atom stereocenters. The van der Waals surface area contributed by atoms with Gasteiger partial charge >= 0.3 is 0 Å². The molecule has 6 nitrogen and oxygen atoms in total. The lowest BCUT2D eigenvalue weighted by Crippen LogP contribution is -2.17. The maximum atomic E-state index is 11.2. The van der Waals surface area contributed by atoms with Crippen molar-refractivity contribution in [2.24, 2.45) is 5.14 Å². The zero-order chi connectivity index (χ0) is 15.5. The number of nitrogens with zero attached hydrogens (tertiary/aromatic N) is 2. The Hall–Kier alpha value is -1.70. The van der Waals surface area contributed by atoms with Crippen LogP contribution >= 0.6 is 0 Å². The number of rotatable bonds is 6. The van der Waals surface area contributed by atoms with Crippen LogP contribution in [-0.2, 0) is 23.1 Å². The second-order valence-electron chi connectivity index (χ2n) is 5.18. The minimum absolute atomic E-state index is 0.129. The Labute approximate surface area is 125 Å². The molecule has 21 heavy (non-hydrogen) atoms. The largest absolute Gasteiger partial charge is 0.331 e. The Balaban J connectivity index is 1.93. The summed E-state index contributed by atoms with van der Waals surface area (Å²) in [6, 6.07) is 6.92. The van der Waals surface area contributed by atoms with Gasteiger partial charge in [0.2, 0.25) is 10.0 Å². The number of primary sulfonamides is 1. The van der Waals surface area contributed by atoms with Crippen molar-refractivity contribution in [2.45, 2.75) is 37.9 Å². The summed E-state index contributed by atoms with van der Waals surface area (Å²) in [4.78, 5) is 4.28. The van der Waals surface area contributed by atoms with Crippen molar-refractivity contribution in [1.82, 2.24) is 14.9 Å². The third-order valence-electron chi connectivity index (χ3n) is 3.19. The van der Waals surface area contributed by atoms with Gasteiger partial charge in [-0.2, -0.15) is 0 Å². The Bertz CT molecular complexity index is 690. The van der Waals surface area contributed by atoms with Crippen molar-refractivity contribution in [1.29, 1.82) is 0 Å². The fraction of sp³-hybridized carbons (Fsp3) is 0.357. The number of hydrogen-bond acceptors (Lipinski definition) is 4. The fourth-order valence-electron chi connectivity index (χ4n) is 2.07. The van der Waals surface area contributed by atoms with Gasteiger partial charge in [0, 0.05) is 25.3 Å². The zero-order valence-electron chi connectivity index (χ0n) is 12.2. The normalized spacial score (nSPS) is 12.0. The summed E-state index contributed by atoms with van der Waals surface area (Å²) in [6.07, 6.45) is 3.67. The first-order valence-corrected chi connectivity index (χ1v) is 8.25. The molecule has 0 atom stereocenters. The van der Waals surface area contributed by atoms with Gasteiger partial charge in [-0.15, -0.1) is 0 Å². The van der Waals surface area contributed by atoms with Crippen LogP contribution in [0, 0.1) is 0 Å². The van der Waals surface area contributed by atoms with Gasteiger partial charge in [0.15, 0.2) is 0 Å². The molecule has 1 aromatic carbocycles. The van der Waals surface area contributed by atoms with Crippen LogP contribution < -0.4 is 10.5 Å². The molecule has 0 radical (unpaired) electrons. The lowest BCUT2D eigenvalue weighted by atomic mass is 10.2. The van der Waals surface area contributed by atoms with E-state index >= 15 is 0 Å². The summed E-state index contributed by atoms with van der Waals surface area (Å²) < 4.78 is 24.4. The molecule has 0 amide bonds. The predicted molar refractivity (Wildman–Crippen MR) is 81.0 cm³/mol. The molecule has 0 aliphatic heterocycles. The van der Waals surface area contributed by atoms with E-state index in [-0.39, 0.29) is 4.90 Å². The summed E-state index contributed by atoms with van der Waals surface area (Å²) >= 11 is 0. The molecule has 1 aromatic heterocycles. The molecule has 3 N–H and O–H groups in total. The van der Waals surface area contributed by atoms with Crippen LogP contribution in [0.2, 0.25) is 0 Å². The van der Waals surface area contributed by atoms with Crippen molar-refractivity contribution >= 4 is 10.0 Å². The Morgan fingerprint density at radius 3 is 2.48 bits per heavy atom. The van der Waals surface area contributed by atoms with E-state index in [1.807, 2.05) is 12.5 Å². The monoisotopic (exact) mass is 308 g/mol. The predicted octanol–water partition coefficient (Wildman–Crippen LogP) is 1.40. The zero-order valence-corrected chi connectivity index (χ0v) is 13.0. The van der Waals surface area contributed by atoms with Gasteiger partial charge in [0.1, 0.15) is 0 Å². The van der Waals surface area contributed by atoms with Crippen LogP contribution in [0.4, 0.5) is 0 Å². The smallest absolute Gasteiger partial charge is 0.238 e. The van der Waals surface area contributed by atoms with Gasteiger partial charge < -0.3 is 9.88 Å². The molecule has 0 bridgehead atoms. The Morgan fingerprint density at radius 2 is 1.90 bits per heavy atom. The van der Waals surface area contributed by atoms with E-state index in [0.717, 1.165) is 11.3 Å².